The number of carbonyl (C=O) groups excluding carboxylic acids is 1. The van der Waals surface area contributed by atoms with Crippen LogP contribution in [0.5, 0.6) is 0 Å². The summed E-state index contributed by atoms with van der Waals surface area (Å²) >= 11 is 7.47. The van der Waals surface area contributed by atoms with Crippen LogP contribution in [0.15, 0.2) is 71.4 Å². The average molecular weight is 328 g/mol. The van der Waals surface area contributed by atoms with Gasteiger partial charge in [0.25, 0.3) is 5.91 Å². The van der Waals surface area contributed by atoms with E-state index in [-0.39, 0.29) is 11.9 Å². The number of nitrogens with one attached hydrogen (secondary N) is 1. The molecule has 3 rings (SSSR count). The second kappa shape index (κ2) is 6.77. The van der Waals surface area contributed by atoms with Gasteiger partial charge >= 0.3 is 0 Å². The predicted octanol–water partition coefficient (Wildman–Crippen LogP) is 4.92. The molecule has 1 heterocycles. The lowest BCUT2D eigenvalue weighted by Crippen LogP contribution is -2.29. The van der Waals surface area contributed by atoms with Crippen molar-refractivity contribution < 1.29 is 4.79 Å². The lowest BCUT2D eigenvalue weighted by atomic mass is 9.98. The zero-order valence-electron chi connectivity index (χ0n) is 11.7. The van der Waals surface area contributed by atoms with Crippen LogP contribution in [-0.2, 0) is 0 Å². The second-order valence-electron chi connectivity index (χ2n) is 4.88. The number of halogens is 1. The monoisotopic (exact) mass is 327 g/mol. The number of hydrogen-bond donors (Lipinski definition) is 1. The van der Waals surface area contributed by atoms with E-state index in [9.17, 15) is 4.79 Å². The van der Waals surface area contributed by atoms with Crippen molar-refractivity contribution in [1.82, 2.24) is 5.32 Å². The maximum atomic E-state index is 12.4. The van der Waals surface area contributed by atoms with Crippen LogP contribution >= 0.6 is 22.9 Å². The summed E-state index contributed by atoms with van der Waals surface area (Å²) in [6, 6.07) is 19.1. The van der Waals surface area contributed by atoms with Gasteiger partial charge in [-0.3, -0.25) is 4.79 Å². The molecule has 0 bridgehead atoms. The van der Waals surface area contributed by atoms with Crippen molar-refractivity contribution in [2.45, 2.75) is 6.04 Å². The Labute approximate surface area is 138 Å². The van der Waals surface area contributed by atoms with Gasteiger partial charge in [0.05, 0.1) is 11.6 Å². The van der Waals surface area contributed by atoms with E-state index in [2.05, 4.69) is 5.32 Å². The third kappa shape index (κ3) is 3.38. The summed E-state index contributed by atoms with van der Waals surface area (Å²) in [5, 5.41) is 7.52. The summed E-state index contributed by atoms with van der Waals surface area (Å²) in [7, 11) is 0. The molecule has 0 saturated heterocycles. The van der Waals surface area contributed by atoms with E-state index in [1.165, 1.54) is 11.3 Å². The minimum absolute atomic E-state index is 0.0787. The Balaban J connectivity index is 1.93. The Bertz CT molecular complexity index is 739. The maximum Gasteiger partial charge on any atom is 0.252 e. The molecule has 4 heteroatoms. The zero-order valence-corrected chi connectivity index (χ0v) is 13.3. The first-order chi connectivity index (χ1) is 10.7. The molecule has 0 aliphatic heterocycles. The maximum absolute atomic E-state index is 12.4. The Kier molecular flexibility index (Phi) is 4.56. The highest BCUT2D eigenvalue weighted by molar-refractivity contribution is 7.08. The average Bonchev–Trinajstić information content (AvgIpc) is 3.09. The molecule has 0 unspecified atom stereocenters. The first-order valence-electron chi connectivity index (χ1n) is 6.87. The second-order valence-corrected chi connectivity index (χ2v) is 6.10. The van der Waals surface area contributed by atoms with Gasteiger partial charge in [-0.15, -0.1) is 0 Å². The van der Waals surface area contributed by atoms with Gasteiger partial charge in [0, 0.05) is 10.4 Å². The van der Waals surface area contributed by atoms with Crippen molar-refractivity contribution in [3.05, 3.63) is 93.1 Å². The topological polar surface area (TPSA) is 29.1 Å². The number of hydrogen-bond acceptors (Lipinski definition) is 2. The highest BCUT2D eigenvalue weighted by Gasteiger charge is 2.17. The SMILES string of the molecule is O=C(N[C@@H](c1ccccc1)c1ccc(Cl)cc1)c1ccsc1. The lowest BCUT2D eigenvalue weighted by molar-refractivity contribution is 0.0943. The van der Waals surface area contributed by atoms with E-state index in [4.69, 9.17) is 11.6 Å². The molecule has 0 radical (unpaired) electrons. The highest BCUT2D eigenvalue weighted by Crippen LogP contribution is 2.24. The van der Waals surface area contributed by atoms with Gasteiger partial charge in [0.15, 0.2) is 0 Å². The van der Waals surface area contributed by atoms with Crippen LogP contribution < -0.4 is 5.32 Å². The quantitative estimate of drug-likeness (QED) is 0.724. The zero-order chi connectivity index (χ0) is 15.4. The molecule has 1 amide bonds. The molecule has 0 saturated carbocycles. The van der Waals surface area contributed by atoms with Crippen LogP contribution in [0.2, 0.25) is 5.02 Å². The molecule has 0 fully saturated rings. The third-order valence-electron chi connectivity index (χ3n) is 3.40. The molecular weight excluding hydrogens is 314 g/mol. The first kappa shape index (κ1) is 14.8. The van der Waals surface area contributed by atoms with Crippen LogP contribution in [0.3, 0.4) is 0 Å². The number of amides is 1. The molecule has 0 aliphatic carbocycles. The van der Waals surface area contributed by atoms with Crippen molar-refractivity contribution >= 4 is 28.8 Å². The molecule has 110 valence electrons. The Morgan fingerprint density at radius 1 is 0.955 bits per heavy atom. The Morgan fingerprint density at radius 3 is 2.27 bits per heavy atom. The number of benzene rings is 2. The van der Waals surface area contributed by atoms with E-state index in [1.54, 1.807) is 0 Å². The predicted molar refractivity (Wildman–Crippen MR) is 91.5 cm³/mol. The molecule has 2 nitrogen and oxygen atoms in total. The summed E-state index contributed by atoms with van der Waals surface area (Å²) in [4.78, 5) is 12.4. The van der Waals surface area contributed by atoms with Crippen molar-refractivity contribution in [2.75, 3.05) is 0 Å². The van der Waals surface area contributed by atoms with Crippen molar-refractivity contribution in [3.63, 3.8) is 0 Å². The number of thiophene rings is 1. The lowest BCUT2D eigenvalue weighted by Gasteiger charge is -2.19. The van der Waals surface area contributed by atoms with E-state index in [0.717, 1.165) is 11.1 Å². The number of rotatable bonds is 4. The van der Waals surface area contributed by atoms with Gasteiger partial charge in [0.2, 0.25) is 0 Å². The van der Waals surface area contributed by atoms with Crippen LogP contribution in [0, 0.1) is 0 Å². The summed E-state index contributed by atoms with van der Waals surface area (Å²) in [5.41, 5.74) is 2.72. The van der Waals surface area contributed by atoms with Crippen molar-refractivity contribution in [3.8, 4) is 0 Å². The molecule has 0 spiro atoms. The molecule has 22 heavy (non-hydrogen) atoms. The normalized spacial score (nSPS) is 11.9. The van der Waals surface area contributed by atoms with Gasteiger partial charge in [-0.25, -0.2) is 0 Å². The fourth-order valence-electron chi connectivity index (χ4n) is 2.27. The van der Waals surface area contributed by atoms with Crippen molar-refractivity contribution in [2.24, 2.45) is 0 Å². The molecule has 1 aromatic heterocycles. The smallest absolute Gasteiger partial charge is 0.252 e. The third-order valence-corrected chi connectivity index (χ3v) is 4.33. The Hall–Kier alpha value is -2.10. The first-order valence-corrected chi connectivity index (χ1v) is 8.19. The van der Waals surface area contributed by atoms with Crippen LogP contribution in [0.4, 0.5) is 0 Å². The summed E-state index contributed by atoms with van der Waals surface area (Å²) in [6.07, 6.45) is 0. The minimum Gasteiger partial charge on any atom is -0.341 e. The largest absolute Gasteiger partial charge is 0.341 e. The van der Waals surface area contributed by atoms with E-state index < -0.39 is 0 Å². The van der Waals surface area contributed by atoms with Crippen LogP contribution in [0.1, 0.15) is 27.5 Å². The van der Waals surface area contributed by atoms with Gasteiger partial charge in [-0.2, -0.15) is 11.3 Å². The fourth-order valence-corrected chi connectivity index (χ4v) is 3.03. The minimum atomic E-state index is -0.203. The summed E-state index contributed by atoms with van der Waals surface area (Å²) in [5.74, 6) is -0.0787. The van der Waals surface area contributed by atoms with E-state index in [0.29, 0.717) is 10.6 Å². The highest BCUT2D eigenvalue weighted by atomic mass is 35.5. The molecule has 2 aromatic carbocycles. The van der Waals surface area contributed by atoms with Gasteiger partial charge < -0.3 is 5.32 Å². The Morgan fingerprint density at radius 2 is 1.64 bits per heavy atom. The standard InChI is InChI=1S/C18H14ClNOS/c19-16-8-6-14(7-9-16)17(13-4-2-1-3-5-13)20-18(21)15-10-11-22-12-15/h1-12,17H,(H,20,21)/t17-/m0/s1. The number of carbonyl (C=O) groups is 1. The van der Waals surface area contributed by atoms with E-state index in [1.807, 2.05) is 71.4 Å². The van der Waals surface area contributed by atoms with Crippen LogP contribution in [-0.4, -0.2) is 5.91 Å². The van der Waals surface area contributed by atoms with Gasteiger partial charge in [0.1, 0.15) is 0 Å². The van der Waals surface area contributed by atoms with Gasteiger partial charge in [-0.1, -0.05) is 54.1 Å². The van der Waals surface area contributed by atoms with Gasteiger partial charge in [-0.05, 0) is 34.7 Å². The summed E-state index contributed by atoms with van der Waals surface area (Å²) in [6.45, 7) is 0. The van der Waals surface area contributed by atoms with E-state index >= 15 is 0 Å². The molecule has 1 N–H and O–H groups in total. The molecule has 1 atom stereocenters. The fraction of sp³-hybridized carbons (Fsp3) is 0.0556. The van der Waals surface area contributed by atoms with Crippen LogP contribution in [0.25, 0.3) is 0 Å². The molecule has 3 aromatic rings. The molecule has 0 aliphatic rings. The summed E-state index contributed by atoms with van der Waals surface area (Å²) < 4.78 is 0. The van der Waals surface area contributed by atoms with Crippen molar-refractivity contribution in [1.29, 1.82) is 0 Å². The molecular formula is C18H14ClNOS.